The number of carbonyl (C=O) groups excluding carboxylic acids is 1. The minimum Gasteiger partial charge on any atom is -0.378 e. The van der Waals surface area contributed by atoms with E-state index in [9.17, 15) is 4.79 Å². The highest BCUT2D eigenvalue weighted by molar-refractivity contribution is 6.35. The molecule has 0 spiro atoms. The molecule has 2 aromatic heterocycles. The number of urea groups is 1. The molecule has 1 aliphatic rings. The average molecular weight is 425 g/mol. The maximum absolute atomic E-state index is 12.1. The first-order valence-corrected chi connectivity index (χ1v) is 9.72. The number of aromatic nitrogens is 2. The van der Waals surface area contributed by atoms with E-state index < -0.39 is 0 Å². The minimum atomic E-state index is -0.256. The molecule has 8 nitrogen and oxygen atoms in total. The Hall–Kier alpha value is -2.29. The number of nitrogens with one attached hydrogen (secondary N) is 3. The second-order valence-electron chi connectivity index (χ2n) is 6.11. The third-order valence-electron chi connectivity index (χ3n) is 4.13. The summed E-state index contributed by atoms with van der Waals surface area (Å²) in [6, 6.07) is 5.19. The van der Waals surface area contributed by atoms with Crippen LogP contribution in [0.5, 0.6) is 0 Å². The van der Waals surface area contributed by atoms with Gasteiger partial charge >= 0.3 is 6.03 Å². The molecule has 0 atom stereocenters. The molecule has 0 unspecified atom stereocenters. The van der Waals surface area contributed by atoms with E-state index in [4.69, 9.17) is 27.9 Å². The molecule has 1 fully saturated rings. The highest BCUT2D eigenvalue weighted by Gasteiger charge is 2.16. The van der Waals surface area contributed by atoms with Crippen LogP contribution in [0, 0.1) is 0 Å². The van der Waals surface area contributed by atoms with Crippen LogP contribution < -0.4 is 20.9 Å². The summed E-state index contributed by atoms with van der Waals surface area (Å²) in [5.41, 5.74) is 0.967. The summed E-state index contributed by atoms with van der Waals surface area (Å²) in [6.07, 6.45) is 3.27. The van der Waals surface area contributed by atoms with Crippen molar-refractivity contribution < 1.29 is 9.53 Å². The molecule has 1 aliphatic heterocycles. The van der Waals surface area contributed by atoms with Crippen LogP contribution in [-0.4, -0.2) is 55.4 Å². The van der Waals surface area contributed by atoms with Crippen molar-refractivity contribution >= 4 is 40.9 Å². The summed E-state index contributed by atoms with van der Waals surface area (Å²) in [5, 5.41) is 9.61. The first-order valence-electron chi connectivity index (χ1n) is 8.96. The van der Waals surface area contributed by atoms with Crippen molar-refractivity contribution in [2.75, 3.05) is 49.6 Å². The van der Waals surface area contributed by atoms with Gasteiger partial charge in [0.25, 0.3) is 0 Å². The topological polar surface area (TPSA) is 91.4 Å². The maximum Gasteiger partial charge on any atom is 0.315 e. The molecule has 3 heterocycles. The third-order valence-corrected chi connectivity index (χ3v) is 4.62. The van der Waals surface area contributed by atoms with Gasteiger partial charge in [0.2, 0.25) is 0 Å². The Bertz CT molecular complexity index is 801. The van der Waals surface area contributed by atoms with E-state index in [0.29, 0.717) is 48.7 Å². The minimum absolute atomic E-state index is 0.256. The van der Waals surface area contributed by atoms with Crippen molar-refractivity contribution in [1.82, 2.24) is 20.6 Å². The largest absolute Gasteiger partial charge is 0.378 e. The standard InChI is InChI=1S/C18H22Cl2N6O2/c19-14-10-15(20)16(24-12-14)21-4-5-23-18(27)25-11-13-2-1-3-22-17(13)26-6-8-28-9-7-26/h1-3,10,12H,4-9,11H2,(H,21,24)(H2,23,25,27). The average Bonchev–Trinajstić information content (AvgIpc) is 2.72. The molecule has 0 aromatic carbocycles. The van der Waals surface area contributed by atoms with Crippen molar-refractivity contribution in [1.29, 1.82) is 0 Å². The fourth-order valence-electron chi connectivity index (χ4n) is 2.77. The second-order valence-corrected chi connectivity index (χ2v) is 6.95. The summed E-state index contributed by atoms with van der Waals surface area (Å²) in [4.78, 5) is 22.8. The quantitative estimate of drug-likeness (QED) is 0.591. The monoisotopic (exact) mass is 424 g/mol. The van der Waals surface area contributed by atoms with E-state index in [0.717, 1.165) is 24.5 Å². The summed E-state index contributed by atoms with van der Waals surface area (Å²) in [6.45, 7) is 4.24. The zero-order valence-corrected chi connectivity index (χ0v) is 16.8. The number of hydrogen-bond donors (Lipinski definition) is 3. The Labute approximate surface area is 173 Å². The number of ether oxygens (including phenoxy) is 1. The number of nitrogens with zero attached hydrogens (tertiary/aromatic N) is 3. The molecule has 0 radical (unpaired) electrons. The molecule has 150 valence electrons. The molecule has 2 aromatic rings. The van der Waals surface area contributed by atoms with Crippen molar-refractivity contribution in [2.45, 2.75) is 6.54 Å². The lowest BCUT2D eigenvalue weighted by Crippen LogP contribution is -2.39. The summed E-state index contributed by atoms with van der Waals surface area (Å²) >= 11 is 11.9. The molecular weight excluding hydrogens is 403 g/mol. The van der Waals surface area contributed by atoms with Crippen LogP contribution in [0.4, 0.5) is 16.4 Å². The van der Waals surface area contributed by atoms with Crippen molar-refractivity contribution in [2.24, 2.45) is 0 Å². The molecule has 28 heavy (non-hydrogen) atoms. The Balaban J connectivity index is 1.42. The molecule has 0 bridgehead atoms. The van der Waals surface area contributed by atoms with Gasteiger partial charge in [0, 0.05) is 50.7 Å². The van der Waals surface area contributed by atoms with Gasteiger partial charge < -0.3 is 25.6 Å². The first kappa shape index (κ1) is 20.4. The predicted molar refractivity (Wildman–Crippen MR) is 110 cm³/mol. The summed E-state index contributed by atoms with van der Waals surface area (Å²) < 4.78 is 5.38. The lowest BCUT2D eigenvalue weighted by atomic mass is 10.2. The van der Waals surface area contributed by atoms with Crippen LogP contribution in [0.2, 0.25) is 10.0 Å². The molecule has 3 rings (SSSR count). The second kappa shape index (κ2) is 10.3. The Morgan fingerprint density at radius 3 is 2.79 bits per heavy atom. The van der Waals surface area contributed by atoms with Crippen LogP contribution >= 0.6 is 23.2 Å². The van der Waals surface area contributed by atoms with Gasteiger partial charge in [-0.25, -0.2) is 14.8 Å². The van der Waals surface area contributed by atoms with Gasteiger partial charge in [0.15, 0.2) is 0 Å². The van der Waals surface area contributed by atoms with Crippen molar-refractivity contribution in [3.63, 3.8) is 0 Å². The van der Waals surface area contributed by atoms with E-state index in [1.165, 1.54) is 6.20 Å². The first-order chi connectivity index (χ1) is 13.6. The lowest BCUT2D eigenvalue weighted by Gasteiger charge is -2.29. The maximum atomic E-state index is 12.1. The van der Waals surface area contributed by atoms with Gasteiger partial charge in [-0.15, -0.1) is 0 Å². The normalized spacial score (nSPS) is 13.9. The zero-order valence-electron chi connectivity index (χ0n) is 15.3. The number of amides is 2. The van der Waals surface area contributed by atoms with Gasteiger partial charge in [-0.1, -0.05) is 29.3 Å². The van der Waals surface area contributed by atoms with Gasteiger partial charge in [0.1, 0.15) is 11.6 Å². The Morgan fingerprint density at radius 1 is 1.18 bits per heavy atom. The predicted octanol–water partition coefficient (Wildman–Crippen LogP) is 2.53. The number of anilines is 2. The molecule has 3 N–H and O–H groups in total. The van der Waals surface area contributed by atoms with E-state index in [1.807, 2.05) is 12.1 Å². The summed E-state index contributed by atoms with van der Waals surface area (Å²) in [7, 11) is 0. The SMILES string of the molecule is O=C(NCCNc1ncc(Cl)cc1Cl)NCc1cccnc1N1CCOCC1. The lowest BCUT2D eigenvalue weighted by molar-refractivity contribution is 0.122. The van der Waals surface area contributed by atoms with E-state index in [-0.39, 0.29) is 6.03 Å². The van der Waals surface area contributed by atoms with Gasteiger partial charge in [-0.3, -0.25) is 0 Å². The number of carbonyl (C=O) groups is 1. The number of morpholine rings is 1. The highest BCUT2D eigenvalue weighted by atomic mass is 35.5. The smallest absolute Gasteiger partial charge is 0.315 e. The Morgan fingerprint density at radius 2 is 2.00 bits per heavy atom. The van der Waals surface area contributed by atoms with Crippen LogP contribution in [-0.2, 0) is 11.3 Å². The molecule has 2 amide bonds. The van der Waals surface area contributed by atoms with Crippen LogP contribution in [0.15, 0.2) is 30.6 Å². The molecule has 0 aliphatic carbocycles. The van der Waals surface area contributed by atoms with E-state index >= 15 is 0 Å². The molecule has 0 saturated carbocycles. The van der Waals surface area contributed by atoms with Crippen molar-refractivity contribution in [3.8, 4) is 0 Å². The number of hydrogen-bond acceptors (Lipinski definition) is 6. The van der Waals surface area contributed by atoms with Gasteiger partial charge in [0.05, 0.1) is 23.3 Å². The van der Waals surface area contributed by atoms with Crippen LogP contribution in [0.3, 0.4) is 0 Å². The van der Waals surface area contributed by atoms with Crippen LogP contribution in [0.25, 0.3) is 0 Å². The van der Waals surface area contributed by atoms with Crippen LogP contribution in [0.1, 0.15) is 5.56 Å². The molecular formula is C18H22Cl2N6O2. The van der Waals surface area contributed by atoms with Gasteiger partial charge in [-0.2, -0.15) is 0 Å². The molecule has 1 saturated heterocycles. The van der Waals surface area contributed by atoms with E-state index in [1.54, 1.807) is 12.3 Å². The Kier molecular flexibility index (Phi) is 7.53. The third kappa shape index (κ3) is 5.85. The van der Waals surface area contributed by atoms with Gasteiger partial charge in [-0.05, 0) is 12.1 Å². The fourth-order valence-corrected chi connectivity index (χ4v) is 3.21. The molecule has 10 heteroatoms. The zero-order chi connectivity index (χ0) is 19.8. The fraction of sp³-hybridized carbons (Fsp3) is 0.389. The number of halogens is 2. The number of pyridine rings is 2. The van der Waals surface area contributed by atoms with Crippen molar-refractivity contribution in [3.05, 3.63) is 46.2 Å². The highest BCUT2D eigenvalue weighted by Crippen LogP contribution is 2.22. The van der Waals surface area contributed by atoms with E-state index in [2.05, 4.69) is 30.8 Å². The summed E-state index contributed by atoms with van der Waals surface area (Å²) in [5.74, 6) is 1.41. The number of rotatable bonds is 7.